The number of halogens is 1. The third-order valence-electron chi connectivity index (χ3n) is 4.07. The predicted molar refractivity (Wildman–Crippen MR) is 87.2 cm³/mol. The number of nitrogens with two attached hydrogens (primary N) is 1. The van der Waals surface area contributed by atoms with Crippen LogP contribution in [0.25, 0.3) is 0 Å². The molecule has 104 valence electrons. The second kappa shape index (κ2) is 6.10. The summed E-state index contributed by atoms with van der Waals surface area (Å²) in [5, 5.41) is 0.728. The Morgan fingerprint density at radius 3 is 2.74 bits per heavy atom. The van der Waals surface area contributed by atoms with Crippen LogP contribution in [-0.2, 0) is 0 Å². The number of benzene rings is 1. The van der Waals surface area contributed by atoms with Crippen LogP contribution in [0.5, 0.6) is 0 Å². The first-order chi connectivity index (χ1) is 8.99. The van der Waals surface area contributed by atoms with Gasteiger partial charge in [0.1, 0.15) is 4.99 Å². The minimum absolute atomic E-state index is 0.391. The third-order valence-corrected chi connectivity index (χ3v) is 4.61. The molecular formula is C15H21ClN2S. The summed E-state index contributed by atoms with van der Waals surface area (Å²) in [6.45, 7) is 2.33. The van der Waals surface area contributed by atoms with E-state index in [1.54, 1.807) is 0 Å². The van der Waals surface area contributed by atoms with Gasteiger partial charge in [0.25, 0.3) is 0 Å². The predicted octanol–water partition coefficient (Wildman–Crippen LogP) is 3.99. The first kappa shape index (κ1) is 14.6. The van der Waals surface area contributed by atoms with Crippen molar-refractivity contribution >= 4 is 34.5 Å². The molecule has 1 aromatic carbocycles. The van der Waals surface area contributed by atoms with E-state index in [-0.39, 0.29) is 0 Å². The minimum atomic E-state index is 0.391. The Hall–Kier alpha value is -0.800. The van der Waals surface area contributed by atoms with Crippen molar-refractivity contribution in [2.75, 3.05) is 11.9 Å². The summed E-state index contributed by atoms with van der Waals surface area (Å²) in [6.07, 6.45) is 5.13. The normalized spacial score (nSPS) is 23.1. The SMILES string of the molecule is CC1CCCC(N(C)c2ccc(C(N)=S)cc2Cl)C1. The van der Waals surface area contributed by atoms with Crippen LogP contribution in [0.2, 0.25) is 5.02 Å². The van der Waals surface area contributed by atoms with Gasteiger partial charge in [0.2, 0.25) is 0 Å². The summed E-state index contributed by atoms with van der Waals surface area (Å²) in [7, 11) is 2.13. The summed E-state index contributed by atoms with van der Waals surface area (Å²) in [5.74, 6) is 0.802. The Morgan fingerprint density at radius 2 is 2.16 bits per heavy atom. The van der Waals surface area contributed by atoms with E-state index >= 15 is 0 Å². The van der Waals surface area contributed by atoms with Gasteiger partial charge in [0, 0.05) is 18.7 Å². The van der Waals surface area contributed by atoms with Gasteiger partial charge in [-0.2, -0.15) is 0 Å². The summed E-state index contributed by atoms with van der Waals surface area (Å²) in [6, 6.07) is 6.42. The number of hydrogen-bond acceptors (Lipinski definition) is 2. The first-order valence-corrected chi connectivity index (χ1v) is 7.60. The number of rotatable bonds is 3. The van der Waals surface area contributed by atoms with Crippen LogP contribution in [-0.4, -0.2) is 18.1 Å². The Labute approximate surface area is 125 Å². The van der Waals surface area contributed by atoms with Gasteiger partial charge in [-0.15, -0.1) is 0 Å². The van der Waals surface area contributed by atoms with Gasteiger partial charge >= 0.3 is 0 Å². The maximum Gasteiger partial charge on any atom is 0.104 e. The molecule has 0 amide bonds. The Bertz CT molecular complexity index is 475. The van der Waals surface area contributed by atoms with Crippen LogP contribution < -0.4 is 10.6 Å². The molecule has 1 fully saturated rings. The van der Waals surface area contributed by atoms with Gasteiger partial charge in [0.05, 0.1) is 10.7 Å². The maximum atomic E-state index is 6.37. The van der Waals surface area contributed by atoms with Crippen LogP contribution in [0.1, 0.15) is 38.2 Å². The van der Waals surface area contributed by atoms with Crippen molar-refractivity contribution in [1.29, 1.82) is 0 Å². The lowest BCUT2D eigenvalue weighted by molar-refractivity contribution is 0.336. The second-order valence-corrected chi connectivity index (χ2v) is 6.41. The molecule has 0 aliphatic heterocycles. The van der Waals surface area contributed by atoms with Crippen molar-refractivity contribution in [3.05, 3.63) is 28.8 Å². The average molecular weight is 297 g/mol. The second-order valence-electron chi connectivity index (χ2n) is 5.57. The highest BCUT2D eigenvalue weighted by Gasteiger charge is 2.23. The summed E-state index contributed by atoms with van der Waals surface area (Å²) >= 11 is 11.3. The Balaban J connectivity index is 2.19. The van der Waals surface area contributed by atoms with Crippen LogP contribution in [0.3, 0.4) is 0 Å². The van der Waals surface area contributed by atoms with Crippen molar-refractivity contribution < 1.29 is 0 Å². The highest BCUT2D eigenvalue weighted by atomic mass is 35.5. The summed E-state index contributed by atoms with van der Waals surface area (Å²) in [4.78, 5) is 2.70. The Kier molecular flexibility index (Phi) is 4.69. The molecular weight excluding hydrogens is 276 g/mol. The van der Waals surface area contributed by atoms with E-state index in [0.717, 1.165) is 22.2 Å². The molecule has 0 radical (unpaired) electrons. The molecule has 2 rings (SSSR count). The van der Waals surface area contributed by atoms with E-state index in [1.807, 2.05) is 18.2 Å². The molecule has 0 heterocycles. The van der Waals surface area contributed by atoms with E-state index in [4.69, 9.17) is 29.6 Å². The number of nitrogens with zero attached hydrogens (tertiary/aromatic N) is 1. The third kappa shape index (κ3) is 3.40. The fourth-order valence-electron chi connectivity index (χ4n) is 2.90. The van der Waals surface area contributed by atoms with E-state index in [9.17, 15) is 0 Å². The van der Waals surface area contributed by atoms with Crippen molar-refractivity contribution in [2.24, 2.45) is 11.7 Å². The van der Waals surface area contributed by atoms with Crippen molar-refractivity contribution in [2.45, 2.75) is 38.6 Å². The lowest BCUT2D eigenvalue weighted by Gasteiger charge is -2.36. The topological polar surface area (TPSA) is 29.3 Å². The molecule has 2 nitrogen and oxygen atoms in total. The molecule has 1 aliphatic rings. The highest BCUT2D eigenvalue weighted by molar-refractivity contribution is 7.80. The smallest absolute Gasteiger partial charge is 0.104 e. The van der Waals surface area contributed by atoms with Gasteiger partial charge in [-0.25, -0.2) is 0 Å². The van der Waals surface area contributed by atoms with Gasteiger partial charge in [-0.3, -0.25) is 0 Å². The van der Waals surface area contributed by atoms with Gasteiger partial charge in [0.15, 0.2) is 0 Å². The van der Waals surface area contributed by atoms with E-state index in [1.165, 1.54) is 25.7 Å². The minimum Gasteiger partial charge on any atom is -0.389 e. The van der Waals surface area contributed by atoms with Gasteiger partial charge in [-0.05, 0) is 37.0 Å². The van der Waals surface area contributed by atoms with Crippen LogP contribution in [0.15, 0.2) is 18.2 Å². The monoisotopic (exact) mass is 296 g/mol. The largest absolute Gasteiger partial charge is 0.389 e. The van der Waals surface area contributed by atoms with Gasteiger partial charge in [-0.1, -0.05) is 43.6 Å². The molecule has 2 N–H and O–H groups in total. The molecule has 1 aromatic rings. The average Bonchev–Trinajstić information content (AvgIpc) is 2.37. The van der Waals surface area contributed by atoms with Crippen molar-refractivity contribution in [1.82, 2.24) is 0 Å². The van der Waals surface area contributed by atoms with Crippen LogP contribution in [0, 0.1) is 5.92 Å². The van der Waals surface area contributed by atoms with Crippen LogP contribution in [0.4, 0.5) is 5.69 Å². The molecule has 4 heteroatoms. The van der Waals surface area contributed by atoms with Crippen molar-refractivity contribution in [3.8, 4) is 0 Å². The molecule has 0 saturated heterocycles. The summed E-state index contributed by atoms with van der Waals surface area (Å²) < 4.78 is 0. The lowest BCUT2D eigenvalue weighted by atomic mass is 9.86. The molecule has 0 aromatic heterocycles. The molecule has 0 spiro atoms. The first-order valence-electron chi connectivity index (χ1n) is 6.81. The highest BCUT2D eigenvalue weighted by Crippen LogP contribution is 2.33. The summed E-state index contributed by atoms with van der Waals surface area (Å²) in [5.41, 5.74) is 7.53. The molecule has 1 aliphatic carbocycles. The molecule has 0 bridgehead atoms. The fraction of sp³-hybridized carbons (Fsp3) is 0.533. The van der Waals surface area contributed by atoms with Crippen LogP contribution >= 0.6 is 23.8 Å². The molecule has 1 saturated carbocycles. The number of hydrogen-bond donors (Lipinski definition) is 1. The van der Waals surface area contributed by atoms with E-state index in [2.05, 4.69) is 18.9 Å². The zero-order chi connectivity index (χ0) is 14.0. The number of anilines is 1. The van der Waals surface area contributed by atoms with E-state index in [0.29, 0.717) is 11.0 Å². The number of thiocarbonyl (C=S) groups is 1. The molecule has 2 atom stereocenters. The van der Waals surface area contributed by atoms with Crippen molar-refractivity contribution in [3.63, 3.8) is 0 Å². The molecule has 19 heavy (non-hydrogen) atoms. The van der Waals surface area contributed by atoms with Gasteiger partial charge < -0.3 is 10.6 Å². The zero-order valence-electron chi connectivity index (χ0n) is 11.5. The standard InChI is InChI=1S/C15H21ClN2S/c1-10-4-3-5-12(8-10)18(2)14-7-6-11(15(17)19)9-13(14)16/h6-7,9-10,12H,3-5,8H2,1-2H3,(H2,17,19). The lowest BCUT2D eigenvalue weighted by Crippen LogP contribution is -2.35. The molecule has 2 unspecified atom stereocenters. The quantitative estimate of drug-likeness (QED) is 0.855. The van der Waals surface area contributed by atoms with E-state index < -0.39 is 0 Å². The maximum absolute atomic E-state index is 6.37. The zero-order valence-corrected chi connectivity index (χ0v) is 13.1. The fourth-order valence-corrected chi connectivity index (χ4v) is 3.34. The Morgan fingerprint density at radius 1 is 1.42 bits per heavy atom.